The van der Waals surface area contributed by atoms with Crippen LogP contribution in [0, 0.1) is 0 Å². The average molecular weight is 544 g/mol. The fourth-order valence-electron chi connectivity index (χ4n) is 4.03. The molecule has 10 nitrogen and oxygen atoms in total. The van der Waals surface area contributed by atoms with Crippen LogP contribution in [-0.4, -0.2) is 58.7 Å². The first-order chi connectivity index (χ1) is 19.1. The second-order valence-electron chi connectivity index (χ2n) is 10.2. The van der Waals surface area contributed by atoms with Crippen LogP contribution in [0.1, 0.15) is 54.3 Å². The van der Waals surface area contributed by atoms with E-state index in [-0.39, 0.29) is 24.2 Å². The molecular weight excluding hydrogens is 510 g/mol. The van der Waals surface area contributed by atoms with E-state index < -0.39 is 5.60 Å². The second kappa shape index (κ2) is 12.0. The molecule has 4 rings (SSSR count). The van der Waals surface area contributed by atoms with Gasteiger partial charge in [0.05, 0.1) is 24.5 Å². The van der Waals surface area contributed by atoms with E-state index in [1.807, 2.05) is 32.9 Å². The van der Waals surface area contributed by atoms with Crippen molar-refractivity contribution < 1.29 is 23.9 Å². The van der Waals surface area contributed by atoms with Crippen molar-refractivity contribution in [2.45, 2.75) is 39.2 Å². The van der Waals surface area contributed by atoms with Gasteiger partial charge in [0.15, 0.2) is 0 Å². The lowest BCUT2D eigenvalue weighted by molar-refractivity contribution is -0.155. The molecule has 1 aromatic carbocycles. The molecule has 10 heteroatoms. The topological polar surface area (TPSA) is 115 Å². The Labute approximate surface area is 232 Å². The zero-order chi connectivity index (χ0) is 28.9. The summed E-state index contributed by atoms with van der Waals surface area (Å²) < 4.78 is 12.7. The number of pyridine rings is 2. The minimum absolute atomic E-state index is 0.159. The van der Waals surface area contributed by atoms with Crippen LogP contribution >= 0.6 is 0 Å². The summed E-state index contributed by atoms with van der Waals surface area (Å²) in [5.74, 6) is 0.354. The van der Waals surface area contributed by atoms with Gasteiger partial charge >= 0.3 is 5.97 Å². The van der Waals surface area contributed by atoms with E-state index in [0.29, 0.717) is 35.7 Å². The van der Waals surface area contributed by atoms with Crippen LogP contribution in [0.4, 0.5) is 5.82 Å². The van der Waals surface area contributed by atoms with Crippen LogP contribution in [0.15, 0.2) is 67.1 Å². The average Bonchev–Trinajstić information content (AvgIpc) is 3.37. The molecule has 40 heavy (non-hydrogen) atoms. The number of benzene rings is 1. The summed E-state index contributed by atoms with van der Waals surface area (Å²) in [6, 6.07) is 14.1. The maximum Gasteiger partial charge on any atom is 0.306 e. The largest absolute Gasteiger partial charge is 0.492 e. The molecule has 0 spiro atoms. The highest BCUT2D eigenvalue weighted by Crippen LogP contribution is 2.26. The molecule has 0 atom stereocenters. The predicted molar refractivity (Wildman–Crippen MR) is 152 cm³/mol. The molecule has 208 valence electrons. The quantitative estimate of drug-likeness (QED) is 0.244. The summed E-state index contributed by atoms with van der Waals surface area (Å²) in [4.78, 5) is 42.8. The molecule has 3 aromatic heterocycles. The van der Waals surface area contributed by atoms with Crippen molar-refractivity contribution in [1.29, 1.82) is 0 Å². The third-order valence-corrected chi connectivity index (χ3v) is 6.04. The van der Waals surface area contributed by atoms with Crippen molar-refractivity contribution in [3.63, 3.8) is 0 Å². The lowest BCUT2D eigenvalue weighted by Gasteiger charge is -2.19. The van der Waals surface area contributed by atoms with Gasteiger partial charge in [-0.05, 0) is 69.2 Å². The summed E-state index contributed by atoms with van der Waals surface area (Å²) in [7, 11) is 3.25. The summed E-state index contributed by atoms with van der Waals surface area (Å²) in [5.41, 5.74) is 3.01. The molecule has 0 radical (unpaired) electrons. The SMILES string of the molecule is CNC(=O)c1ccc(-c2cnn3ccc(C(=O)N(C)c4ccc(OCCCC(=O)OC(C)(C)C)cn4)cc23)cc1. The third-order valence-electron chi connectivity index (χ3n) is 6.04. The summed E-state index contributed by atoms with van der Waals surface area (Å²) in [6.07, 6.45) is 5.81. The van der Waals surface area contributed by atoms with Crippen LogP contribution in [0.2, 0.25) is 0 Å². The van der Waals surface area contributed by atoms with Gasteiger partial charge in [0.2, 0.25) is 0 Å². The summed E-state index contributed by atoms with van der Waals surface area (Å²) in [5, 5.41) is 7.01. The monoisotopic (exact) mass is 543 g/mol. The Hall–Kier alpha value is -4.73. The van der Waals surface area contributed by atoms with Gasteiger partial charge in [0.1, 0.15) is 17.2 Å². The van der Waals surface area contributed by atoms with Crippen molar-refractivity contribution in [2.75, 3.05) is 25.6 Å². The number of hydrogen-bond acceptors (Lipinski definition) is 7. The standard InChI is InChI=1S/C30H33N5O5/c1-30(2,3)40-27(36)7-6-16-39-23-12-13-26(32-18-23)34(5)29(38)22-14-15-35-25(17-22)24(19-33-35)20-8-10-21(11-9-20)28(37)31-4/h8-15,17-19H,6-7,16H2,1-5H3,(H,31,37). The molecule has 4 aromatic rings. The van der Waals surface area contributed by atoms with E-state index >= 15 is 0 Å². The van der Waals surface area contributed by atoms with Gasteiger partial charge in [0, 0.05) is 43.4 Å². The van der Waals surface area contributed by atoms with Crippen molar-refractivity contribution in [3.05, 3.63) is 78.2 Å². The Balaban J connectivity index is 1.40. The van der Waals surface area contributed by atoms with Crippen LogP contribution in [0.25, 0.3) is 16.6 Å². The van der Waals surface area contributed by atoms with E-state index in [1.165, 1.54) is 4.90 Å². The van der Waals surface area contributed by atoms with E-state index in [0.717, 1.165) is 16.6 Å². The zero-order valence-electron chi connectivity index (χ0n) is 23.3. The zero-order valence-corrected chi connectivity index (χ0v) is 23.3. The van der Waals surface area contributed by atoms with E-state index in [1.54, 1.807) is 73.6 Å². The highest BCUT2D eigenvalue weighted by atomic mass is 16.6. The smallest absolute Gasteiger partial charge is 0.306 e. The molecule has 0 aliphatic carbocycles. The molecule has 3 heterocycles. The van der Waals surface area contributed by atoms with E-state index in [2.05, 4.69) is 15.4 Å². The number of hydrogen-bond donors (Lipinski definition) is 1. The number of fused-ring (bicyclic) bond motifs is 1. The molecular formula is C30H33N5O5. The van der Waals surface area contributed by atoms with Gasteiger partial charge in [0.25, 0.3) is 11.8 Å². The molecule has 2 amide bonds. The summed E-state index contributed by atoms with van der Waals surface area (Å²) >= 11 is 0. The molecule has 0 bridgehead atoms. The number of nitrogens with one attached hydrogen (secondary N) is 1. The van der Waals surface area contributed by atoms with Gasteiger partial charge < -0.3 is 14.8 Å². The normalized spacial score (nSPS) is 11.2. The number of ether oxygens (including phenoxy) is 2. The highest BCUT2D eigenvalue weighted by molar-refractivity contribution is 6.06. The number of esters is 1. The van der Waals surface area contributed by atoms with Crippen LogP contribution in [-0.2, 0) is 9.53 Å². The van der Waals surface area contributed by atoms with Crippen molar-refractivity contribution >= 4 is 29.1 Å². The maximum atomic E-state index is 13.3. The van der Waals surface area contributed by atoms with Crippen LogP contribution in [0.5, 0.6) is 5.75 Å². The number of nitrogens with zero attached hydrogens (tertiary/aromatic N) is 4. The van der Waals surface area contributed by atoms with Crippen molar-refractivity contribution in [1.82, 2.24) is 19.9 Å². The van der Waals surface area contributed by atoms with Crippen LogP contribution in [0.3, 0.4) is 0 Å². The fraction of sp³-hybridized carbons (Fsp3) is 0.300. The first kappa shape index (κ1) is 28.3. The van der Waals surface area contributed by atoms with Gasteiger partial charge in [-0.3, -0.25) is 19.3 Å². The Bertz CT molecular complexity index is 1500. The van der Waals surface area contributed by atoms with Crippen LogP contribution < -0.4 is 15.0 Å². The molecule has 0 saturated carbocycles. The Morgan fingerprint density at radius 1 is 1.00 bits per heavy atom. The molecule has 0 unspecified atom stereocenters. The minimum atomic E-state index is -0.505. The molecule has 0 aliphatic heterocycles. The molecule has 0 aliphatic rings. The predicted octanol–water partition coefficient (Wildman–Crippen LogP) is 4.53. The molecule has 0 fully saturated rings. The number of rotatable bonds is 9. The second-order valence-corrected chi connectivity index (χ2v) is 10.2. The number of aromatic nitrogens is 3. The highest BCUT2D eigenvalue weighted by Gasteiger charge is 2.18. The molecule has 1 N–H and O–H groups in total. The first-order valence-electron chi connectivity index (χ1n) is 12.9. The minimum Gasteiger partial charge on any atom is -0.492 e. The number of amides is 2. The number of carbonyl (C=O) groups is 3. The van der Waals surface area contributed by atoms with Gasteiger partial charge in [-0.1, -0.05) is 12.1 Å². The lowest BCUT2D eigenvalue weighted by atomic mass is 10.0. The number of carbonyl (C=O) groups excluding carboxylic acids is 3. The Morgan fingerprint density at radius 2 is 1.75 bits per heavy atom. The fourth-order valence-corrected chi connectivity index (χ4v) is 4.03. The Morgan fingerprint density at radius 3 is 2.40 bits per heavy atom. The van der Waals surface area contributed by atoms with E-state index in [4.69, 9.17) is 9.47 Å². The van der Waals surface area contributed by atoms with Crippen molar-refractivity contribution in [3.8, 4) is 16.9 Å². The lowest BCUT2D eigenvalue weighted by Crippen LogP contribution is -2.27. The van der Waals surface area contributed by atoms with Gasteiger partial charge in [-0.2, -0.15) is 5.10 Å². The van der Waals surface area contributed by atoms with Gasteiger partial charge in [-0.25, -0.2) is 9.50 Å². The van der Waals surface area contributed by atoms with E-state index in [9.17, 15) is 14.4 Å². The maximum absolute atomic E-state index is 13.3. The first-order valence-corrected chi connectivity index (χ1v) is 12.9. The van der Waals surface area contributed by atoms with Gasteiger partial charge in [-0.15, -0.1) is 0 Å². The Kier molecular flexibility index (Phi) is 8.47. The number of anilines is 1. The molecule has 0 saturated heterocycles. The summed E-state index contributed by atoms with van der Waals surface area (Å²) in [6.45, 7) is 5.85. The van der Waals surface area contributed by atoms with Crippen molar-refractivity contribution in [2.24, 2.45) is 0 Å². The third kappa shape index (κ3) is 6.82.